The zero-order chi connectivity index (χ0) is 19.0. The van der Waals surface area contributed by atoms with Gasteiger partial charge in [0.15, 0.2) is 0 Å². The quantitative estimate of drug-likeness (QED) is 0.610. The van der Waals surface area contributed by atoms with Crippen LogP contribution in [0.5, 0.6) is 0 Å². The topological polar surface area (TPSA) is 122 Å². The molecule has 1 aromatic carbocycles. The van der Waals surface area contributed by atoms with Gasteiger partial charge in [-0.2, -0.15) is 0 Å². The third-order valence-corrected chi connectivity index (χ3v) is 3.38. The fraction of sp³-hybridized carbons (Fsp3) is 0.412. The Kier molecular flexibility index (Phi) is 7.58. The van der Waals surface area contributed by atoms with Gasteiger partial charge >= 0.3 is 11.9 Å². The van der Waals surface area contributed by atoms with Crippen LogP contribution in [0.2, 0.25) is 0 Å². The minimum absolute atomic E-state index is 0.118. The van der Waals surface area contributed by atoms with Gasteiger partial charge in [0, 0.05) is 18.2 Å². The first-order chi connectivity index (χ1) is 11.7. The van der Waals surface area contributed by atoms with Gasteiger partial charge in [-0.1, -0.05) is 6.92 Å². The minimum atomic E-state index is -1.24. The summed E-state index contributed by atoms with van der Waals surface area (Å²) in [5.74, 6) is -3.22. The fourth-order valence-electron chi connectivity index (χ4n) is 2.18. The Morgan fingerprint density at radius 1 is 1.16 bits per heavy atom. The molecule has 0 aliphatic carbocycles. The number of benzene rings is 1. The van der Waals surface area contributed by atoms with Gasteiger partial charge in [-0.15, -0.1) is 0 Å². The van der Waals surface area contributed by atoms with E-state index >= 15 is 0 Å². The van der Waals surface area contributed by atoms with E-state index < -0.39 is 29.8 Å². The number of ether oxygens (including phenoxy) is 1. The molecule has 0 aliphatic heterocycles. The number of carbonyl (C=O) groups excluding carboxylic acids is 3. The van der Waals surface area contributed by atoms with Crippen LogP contribution in [0.25, 0.3) is 0 Å². The Labute approximate surface area is 145 Å². The maximum atomic E-state index is 12.2. The van der Waals surface area contributed by atoms with Gasteiger partial charge in [0.1, 0.15) is 6.04 Å². The molecule has 8 heteroatoms. The Morgan fingerprint density at radius 2 is 1.76 bits per heavy atom. The standard InChI is InChI=1S/C17H22N2O6/c1-4-25-14(21)9-10(2)15(17(23)24)19-16(22)12-5-7-13(8-6-12)18-11(3)20/h5-8,10,15H,4,9H2,1-3H3,(H,18,20)(H,19,22)(H,23,24)/t10-,15+/m0/s1. The molecule has 8 nitrogen and oxygen atoms in total. The Bertz CT molecular complexity index is 641. The molecule has 1 rings (SSSR count). The van der Waals surface area contributed by atoms with E-state index in [0.29, 0.717) is 5.69 Å². The van der Waals surface area contributed by atoms with Crippen LogP contribution in [0.3, 0.4) is 0 Å². The largest absolute Gasteiger partial charge is 0.480 e. The number of rotatable bonds is 8. The Morgan fingerprint density at radius 3 is 2.24 bits per heavy atom. The van der Waals surface area contributed by atoms with Gasteiger partial charge in [-0.3, -0.25) is 14.4 Å². The lowest BCUT2D eigenvalue weighted by molar-refractivity contribution is -0.146. The molecule has 0 aliphatic rings. The highest BCUT2D eigenvalue weighted by Crippen LogP contribution is 2.13. The molecule has 0 saturated carbocycles. The Hall–Kier alpha value is -2.90. The van der Waals surface area contributed by atoms with Crippen LogP contribution in [-0.4, -0.2) is 41.5 Å². The first kappa shape index (κ1) is 20.1. The summed E-state index contributed by atoms with van der Waals surface area (Å²) >= 11 is 0. The summed E-state index contributed by atoms with van der Waals surface area (Å²) in [5.41, 5.74) is 0.762. The van der Waals surface area contributed by atoms with Crippen molar-refractivity contribution in [1.29, 1.82) is 0 Å². The second-order valence-electron chi connectivity index (χ2n) is 5.53. The predicted molar refractivity (Wildman–Crippen MR) is 90.0 cm³/mol. The van der Waals surface area contributed by atoms with Crippen molar-refractivity contribution < 1.29 is 29.0 Å². The highest BCUT2D eigenvalue weighted by molar-refractivity contribution is 5.97. The van der Waals surface area contributed by atoms with Crippen LogP contribution < -0.4 is 10.6 Å². The van der Waals surface area contributed by atoms with Crippen molar-refractivity contribution >= 4 is 29.4 Å². The number of esters is 1. The maximum Gasteiger partial charge on any atom is 0.326 e. The number of nitrogens with one attached hydrogen (secondary N) is 2. The molecule has 0 radical (unpaired) electrons. The van der Waals surface area contributed by atoms with Crippen molar-refractivity contribution in [1.82, 2.24) is 5.32 Å². The normalized spacial score (nSPS) is 12.6. The molecule has 0 saturated heterocycles. The number of carboxylic acids is 1. The second kappa shape index (κ2) is 9.41. The summed E-state index contributed by atoms with van der Waals surface area (Å²) in [6, 6.07) is 4.78. The molecule has 0 heterocycles. The van der Waals surface area contributed by atoms with Gasteiger partial charge in [-0.25, -0.2) is 4.79 Å². The molecule has 2 amide bonds. The molecule has 0 fully saturated rings. The van der Waals surface area contributed by atoms with Crippen molar-refractivity contribution in [3.05, 3.63) is 29.8 Å². The highest BCUT2D eigenvalue weighted by Gasteiger charge is 2.29. The van der Waals surface area contributed by atoms with Crippen molar-refractivity contribution in [2.24, 2.45) is 5.92 Å². The van der Waals surface area contributed by atoms with E-state index in [4.69, 9.17) is 4.74 Å². The molecule has 0 bridgehead atoms. The zero-order valence-electron chi connectivity index (χ0n) is 14.4. The smallest absolute Gasteiger partial charge is 0.326 e. The summed E-state index contributed by atoms with van der Waals surface area (Å²) in [7, 11) is 0. The van der Waals surface area contributed by atoms with Gasteiger partial charge in [0.25, 0.3) is 5.91 Å². The molecule has 136 valence electrons. The number of hydrogen-bond donors (Lipinski definition) is 3. The van der Waals surface area contributed by atoms with Gasteiger partial charge in [-0.05, 0) is 37.1 Å². The monoisotopic (exact) mass is 350 g/mol. The summed E-state index contributed by atoms with van der Waals surface area (Å²) in [6.07, 6.45) is -0.118. The molecule has 3 N–H and O–H groups in total. The summed E-state index contributed by atoms with van der Waals surface area (Å²) in [6.45, 7) is 4.78. The van der Waals surface area contributed by atoms with Crippen molar-refractivity contribution in [2.45, 2.75) is 33.2 Å². The Balaban J connectivity index is 2.77. The number of carbonyl (C=O) groups is 4. The van der Waals surface area contributed by atoms with Crippen LogP contribution in [0.15, 0.2) is 24.3 Å². The molecule has 1 aromatic rings. The van der Waals surface area contributed by atoms with E-state index in [2.05, 4.69) is 10.6 Å². The lowest BCUT2D eigenvalue weighted by Crippen LogP contribution is -2.45. The number of hydrogen-bond acceptors (Lipinski definition) is 5. The number of amides is 2. The fourth-order valence-corrected chi connectivity index (χ4v) is 2.18. The predicted octanol–water partition coefficient (Wildman–Crippen LogP) is 1.42. The number of anilines is 1. The zero-order valence-corrected chi connectivity index (χ0v) is 14.4. The molecule has 2 atom stereocenters. The first-order valence-corrected chi connectivity index (χ1v) is 7.81. The molecule has 0 aromatic heterocycles. The van der Waals surface area contributed by atoms with Crippen LogP contribution in [0.1, 0.15) is 37.6 Å². The molecular weight excluding hydrogens is 328 g/mol. The lowest BCUT2D eigenvalue weighted by atomic mass is 9.98. The highest BCUT2D eigenvalue weighted by atomic mass is 16.5. The van der Waals surface area contributed by atoms with Gasteiger partial charge < -0.3 is 20.5 Å². The van der Waals surface area contributed by atoms with Gasteiger partial charge in [0.05, 0.1) is 13.0 Å². The third kappa shape index (κ3) is 6.62. The summed E-state index contributed by atoms with van der Waals surface area (Å²) < 4.78 is 4.80. The third-order valence-electron chi connectivity index (χ3n) is 3.38. The van der Waals surface area contributed by atoms with E-state index in [-0.39, 0.29) is 24.5 Å². The minimum Gasteiger partial charge on any atom is -0.480 e. The SMILES string of the molecule is CCOC(=O)C[C@H](C)[C@@H](NC(=O)c1ccc(NC(C)=O)cc1)C(=O)O. The van der Waals surface area contributed by atoms with Gasteiger partial charge in [0.2, 0.25) is 5.91 Å². The van der Waals surface area contributed by atoms with Crippen LogP contribution in [0.4, 0.5) is 5.69 Å². The number of carboxylic acid groups (broad SMARTS) is 1. The number of aliphatic carboxylic acids is 1. The van der Waals surface area contributed by atoms with Crippen molar-refractivity contribution in [3.63, 3.8) is 0 Å². The first-order valence-electron chi connectivity index (χ1n) is 7.81. The average molecular weight is 350 g/mol. The van der Waals surface area contributed by atoms with Crippen LogP contribution >= 0.6 is 0 Å². The summed E-state index contributed by atoms with van der Waals surface area (Å²) in [4.78, 5) is 46.1. The molecular formula is C17H22N2O6. The molecule has 0 unspecified atom stereocenters. The van der Waals surface area contributed by atoms with Crippen LogP contribution in [-0.2, 0) is 19.1 Å². The van der Waals surface area contributed by atoms with E-state index in [9.17, 15) is 24.3 Å². The molecule has 25 heavy (non-hydrogen) atoms. The average Bonchev–Trinajstić information content (AvgIpc) is 2.52. The van der Waals surface area contributed by atoms with E-state index in [1.54, 1.807) is 13.8 Å². The van der Waals surface area contributed by atoms with E-state index in [0.717, 1.165) is 0 Å². The van der Waals surface area contributed by atoms with Crippen LogP contribution in [0, 0.1) is 5.92 Å². The van der Waals surface area contributed by atoms with E-state index in [1.165, 1.54) is 31.2 Å². The van der Waals surface area contributed by atoms with Crippen molar-refractivity contribution in [2.75, 3.05) is 11.9 Å². The van der Waals surface area contributed by atoms with E-state index in [1.807, 2.05) is 0 Å². The summed E-state index contributed by atoms with van der Waals surface area (Å²) in [5, 5.41) is 14.3. The lowest BCUT2D eigenvalue weighted by Gasteiger charge is -2.20. The molecule has 0 spiro atoms. The maximum absolute atomic E-state index is 12.2. The second-order valence-corrected chi connectivity index (χ2v) is 5.53. The van der Waals surface area contributed by atoms with Crippen molar-refractivity contribution in [3.8, 4) is 0 Å².